The number of H-pyrrole nitrogens is 1. The average Bonchev–Trinajstić information content (AvgIpc) is 3.33. The van der Waals surface area contributed by atoms with E-state index in [-0.39, 0.29) is 35.0 Å². The maximum atomic E-state index is 13.0. The molecule has 0 atom stereocenters. The van der Waals surface area contributed by atoms with Gasteiger partial charge in [-0.15, -0.1) is 0 Å². The van der Waals surface area contributed by atoms with Crippen LogP contribution in [0.25, 0.3) is 22.3 Å². The number of hydrogen-bond acceptors (Lipinski definition) is 7. The highest BCUT2D eigenvalue weighted by Gasteiger charge is 2.22. The monoisotopic (exact) mass is 382 g/mol. The van der Waals surface area contributed by atoms with E-state index in [1.54, 1.807) is 6.07 Å². The van der Waals surface area contributed by atoms with E-state index in [1.807, 2.05) is 0 Å². The number of benzene rings is 2. The number of nitro benzene ring substituents is 1. The van der Waals surface area contributed by atoms with Gasteiger partial charge in [0.05, 0.1) is 21.4 Å². The number of aromatic amines is 1. The SMILES string of the molecule is O=C(OCc1nc(-c2ccc(F)cc2)no1)c1c[nH]c2cccc([N+](=O)[O-])c12. The third-order valence-electron chi connectivity index (χ3n) is 4.00. The third kappa shape index (κ3) is 3.18. The standard InChI is InChI=1S/C18H11FN4O5/c19-11-6-4-10(5-7-11)17-21-15(28-22-17)9-27-18(24)12-8-20-13-2-1-3-14(16(12)13)23(25)26/h1-8,20H,9H2. The summed E-state index contributed by atoms with van der Waals surface area (Å²) >= 11 is 0. The van der Waals surface area contributed by atoms with Gasteiger partial charge in [0.25, 0.3) is 11.6 Å². The molecular weight excluding hydrogens is 371 g/mol. The number of carbonyl (C=O) groups excluding carboxylic acids is 1. The van der Waals surface area contributed by atoms with E-state index in [4.69, 9.17) is 9.26 Å². The van der Waals surface area contributed by atoms with Crippen LogP contribution < -0.4 is 0 Å². The second kappa shape index (κ2) is 6.91. The van der Waals surface area contributed by atoms with Crippen LogP contribution in [0.3, 0.4) is 0 Å². The molecule has 2 heterocycles. The van der Waals surface area contributed by atoms with Gasteiger partial charge < -0.3 is 14.2 Å². The molecule has 0 saturated heterocycles. The van der Waals surface area contributed by atoms with Crippen molar-refractivity contribution in [3.05, 3.63) is 76.0 Å². The van der Waals surface area contributed by atoms with Gasteiger partial charge in [-0.25, -0.2) is 9.18 Å². The summed E-state index contributed by atoms with van der Waals surface area (Å²) in [6, 6.07) is 9.93. The maximum Gasteiger partial charge on any atom is 0.341 e. The van der Waals surface area contributed by atoms with Crippen molar-refractivity contribution in [3.8, 4) is 11.4 Å². The first-order valence-corrected chi connectivity index (χ1v) is 8.03. The van der Waals surface area contributed by atoms with E-state index in [0.717, 1.165) is 0 Å². The number of nitrogens with zero attached hydrogens (tertiary/aromatic N) is 3. The zero-order valence-corrected chi connectivity index (χ0v) is 14.1. The number of nitrogens with one attached hydrogen (secondary N) is 1. The number of hydrogen-bond donors (Lipinski definition) is 1. The Morgan fingerprint density at radius 1 is 1.25 bits per heavy atom. The van der Waals surface area contributed by atoms with E-state index in [0.29, 0.717) is 11.1 Å². The summed E-state index contributed by atoms with van der Waals surface area (Å²) in [5, 5.41) is 15.1. The van der Waals surface area contributed by atoms with Crippen LogP contribution in [0.1, 0.15) is 16.2 Å². The Balaban J connectivity index is 1.52. The van der Waals surface area contributed by atoms with E-state index in [9.17, 15) is 19.3 Å². The van der Waals surface area contributed by atoms with Crippen LogP contribution in [0.15, 0.2) is 53.2 Å². The second-order valence-electron chi connectivity index (χ2n) is 5.75. The molecule has 1 N–H and O–H groups in total. The Kier molecular flexibility index (Phi) is 4.28. The van der Waals surface area contributed by atoms with Crippen LogP contribution in [0, 0.1) is 15.9 Å². The quantitative estimate of drug-likeness (QED) is 0.317. The molecule has 0 bridgehead atoms. The van der Waals surface area contributed by atoms with Gasteiger partial charge in [0.2, 0.25) is 5.82 Å². The number of esters is 1. The second-order valence-corrected chi connectivity index (χ2v) is 5.75. The Morgan fingerprint density at radius 2 is 2.04 bits per heavy atom. The van der Waals surface area contributed by atoms with Gasteiger partial charge in [-0.2, -0.15) is 4.98 Å². The Labute approximate surface area is 155 Å². The zero-order valence-electron chi connectivity index (χ0n) is 14.1. The summed E-state index contributed by atoms with van der Waals surface area (Å²) < 4.78 is 23.1. The molecule has 0 fully saturated rings. The summed E-state index contributed by atoms with van der Waals surface area (Å²) in [6.07, 6.45) is 1.34. The van der Waals surface area contributed by atoms with E-state index >= 15 is 0 Å². The zero-order chi connectivity index (χ0) is 19.7. The molecule has 0 spiro atoms. The molecule has 0 unspecified atom stereocenters. The van der Waals surface area contributed by atoms with Crippen molar-refractivity contribution in [2.24, 2.45) is 0 Å². The molecule has 0 amide bonds. The van der Waals surface area contributed by atoms with E-state index in [1.165, 1.54) is 42.6 Å². The predicted molar refractivity (Wildman–Crippen MR) is 93.8 cm³/mol. The fraction of sp³-hybridized carbons (Fsp3) is 0.0556. The molecule has 0 aliphatic rings. The molecule has 9 nitrogen and oxygen atoms in total. The topological polar surface area (TPSA) is 124 Å². The van der Waals surface area contributed by atoms with Crippen LogP contribution in [0.5, 0.6) is 0 Å². The van der Waals surface area contributed by atoms with Crippen molar-refractivity contribution in [1.29, 1.82) is 0 Å². The highest BCUT2D eigenvalue weighted by atomic mass is 19.1. The fourth-order valence-corrected chi connectivity index (χ4v) is 2.71. The van der Waals surface area contributed by atoms with Gasteiger partial charge in [0.1, 0.15) is 5.82 Å². The summed E-state index contributed by atoms with van der Waals surface area (Å²) in [6.45, 7) is -0.319. The van der Waals surface area contributed by atoms with Crippen molar-refractivity contribution < 1.29 is 23.4 Å². The normalized spacial score (nSPS) is 10.9. The molecule has 0 saturated carbocycles. The molecule has 28 heavy (non-hydrogen) atoms. The Hall–Kier alpha value is -4.08. The van der Waals surface area contributed by atoms with Gasteiger partial charge in [-0.1, -0.05) is 11.2 Å². The van der Waals surface area contributed by atoms with Crippen LogP contribution in [-0.2, 0) is 11.3 Å². The number of fused-ring (bicyclic) bond motifs is 1. The molecule has 0 aliphatic heterocycles. The first-order chi connectivity index (χ1) is 13.5. The molecule has 4 aromatic rings. The number of carbonyl (C=O) groups is 1. The molecule has 2 aromatic carbocycles. The van der Waals surface area contributed by atoms with E-state index < -0.39 is 16.7 Å². The van der Waals surface area contributed by atoms with Gasteiger partial charge in [0.15, 0.2) is 6.61 Å². The van der Waals surface area contributed by atoms with Gasteiger partial charge in [-0.05, 0) is 30.3 Å². The summed E-state index contributed by atoms with van der Waals surface area (Å²) in [4.78, 5) is 29.9. The maximum absolute atomic E-state index is 13.0. The summed E-state index contributed by atoms with van der Waals surface area (Å²) in [5.74, 6) is -0.924. The first-order valence-electron chi connectivity index (χ1n) is 8.03. The van der Waals surface area contributed by atoms with Crippen LogP contribution >= 0.6 is 0 Å². The molecule has 10 heteroatoms. The van der Waals surface area contributed by atoms with Crippen molar-refractivity contribution in [1.82, 2.24) is 15.1 Å². The Bertz CT molecular complexity index is 1180. The van der Waals surface area contributed by atoms with E-state index in [2.05, 4.69) is 15.1 Å². The average molecular weight is 382 g/mol. The smallest absolute Gasteiger partial charge is 0.341 e. The minimum Gasteiger partial charge on any atom is -0.452 e. The highest BCUT2D eigenvalue weighted by Crippen LogP contribution is 2.29. The van der Waals surface area contributed by atoms with Crippen molar-refractivity contribution >= 4 is 22.6 Å². The largest absolute Gasteiger partial charge is 0.452 e. The molecule has 2 aromatic heterocycles. The summed E-state index contributed by atoms with van der Waals surface area (Å²) in [5.41, 5.74) is 0.801. The van der Waals surface area contributed by atoms with Crippen molar-refractivity contribution in [2.45, 2.75) is 6.61 Å². The van der Waals surface area contributed by atoms with Crippen molar-refractivity contribution in [3.63, 3.8) is 0 Å². The molecular formula is C18H11FN4O5. The van der Waals surface area contributed by atoms with Gasteiger partial charge in [0, 0.05) is 17.8 Å². The lowest BCUT2D eigenvalue weighted by molar-refractivity contribution is -0.383. The minimum absolute atomic E-state index is 0.0283. The Morgan fingerprint density at radius 3 is 2.79 bits per heavy atom. The van der Waals surface area contributed by atoms with Crippen LogP contribution in [0.4, 0.5) is 10.1 Å². The van der Waals surface area contributed by atoms with Crippen molar-refractivity contribution in [2.75, 3.05) is 0 Å². The van der Waals surface area contributed by atoms with Gasteiger partial charge >= 0.3 is 5.97 Å². The number of halogens is 1. The first kappa shape index (κ1) is 17.3. The lowest BCUT2D eigenvalue weighted by Crippen LogP contribution is -2.05. The van der Waals surface area contributed by atoms with Gasteiger partial charge in [-0.3, -0.25) is 10.1 Å². The van der Waals surface area contributed by atoms with Crippen LogP contribution in [-0.4, -0.2) is 26.0 Å². The lowest BCUT2D eigenvalue weighted by Gasteiger charge is -2.01. The molecule has 0 radical (unpaired) electrons. The summed E-state index contributed by atoms with van der Waals surface area (Å²) in [7, 11) is 0. The number of non-ortho nitro benzene ring substituents is 1. The van der Waals surface area contributed by atoms with Crippen LogP contribution in [0.2, 0.25) is 0 Å². The highest BCUT2D eigenvalue weighted by molar-refractivity contribution is 6.07. The fourth-order valence-electron chi connectivity index (χ4n) is 2.71. The lowest BCUT2D eigenvalue weighted by atomic mass is 10.1. The molecule has 0 aliphatic carbocycles. The predicted octanol–water partition coefficient (Wildman–Crippen LogP) is 3.62. The molecule has 140 valence electrons. The number of ether oxygens (including phenoxy) is 1. The number of aromatic nitrogens is 3. The molecule has 4 rings (SSSR count). The number of rotatable bonds is 5. The third-order valence-corrected chi connectivity index (χ3v) is 4.00. The minimum atomic E-state index is -0.776. The number of nitro groups is 1.